The van der Waals surface area contributed by atoms with Gasteiger partial charge < -0.3 is 16.3 Å². The second-order valence-electron chi connectivity index (χ2n) is 4.14. The van der Waals surface area contributed by atoms with Gasteiger partial charge in [-0.3, -0.25) is 4.79 Å². The molecule has 21 heavy (non-hydrogen) atoms. The first kappa shape index (κ1) is 14.8. The molecule has 0 saturated heterocycles. The highest BCUT2D eigenvalue weighted by Crippen LogP contribution is 2.19. The van der Waals surface area contributed by atoms with E-state index >= 15 is 0 Å². The average molecular weight is 308 g/mol. The molecule has 2 aromatic carbocycles. The van der Waals surface area contributed by atoms with Gasteiger partial charge in [-0.05, 0) is 42.5 Å². The van der Waals surface area contributed by atoms with Gasteiger partial charge in [0.1, 0.15) is 5.82 Å². The zero-order valence-corrected chi connectivity index (χ0v) is 11.4. The highest BCUT2D eigenvalue weighted by Gasteiger charge is 2.11. The summed E-state index contributed by atoms with van der Waals surface area (Å²) in [4.78, 5) is 12.0. The van der Waals surface area contributed by atoms with Crippen molar-refractivity contribution in [3.05, 3.63) is 64.4 Å². The summed E-state index contributed by atoms with van der Waals surface area (Å²) < 4.78 is 12.9. The van der Waals surface area contributed by atoms with E-state index in [1.165, 1.54) is 6.07 Å². The number of carbonyl (C=O) groups is 1. The summed E-state index contributed by atoms with van der Waals surface area (Å²) in [5.41, 5.74) is 6.60. The average Bonchev–Trinajstić information content (AvgIpc) is 2.47. The van der Waals surface area contributed by atoms with Crippen molar-refractivity contribution < 1.29 is 14.4 Å². The Bertz CT molecular complexity index is 702. The van der Waals surface area contributed by atoms with E-state index in [4.69, 9.17) is 22.5 Å². The van der Waals surface area contributed by atoms with Crippen LogP contribution in [0.15, 0.2) is 47.6 Å². The van der Waals surface area contributed by atoms with Crippen LogP contribution in [0.25, 0.3) is 0 Å². The summed E-state index contributed by atoms with van der Waals surface area (Å²) >= 11 is 5.82. The third-order valence-electron chi connectivity index (χ3n) is 2.72. The van der Waals surface area contributed by atoms with Crippen molar-refractivity contribution in [2.45, 2.75) is 0 Å². The van der Waals surface area contributed by atoms with Gasteiger partial charge in [0.05, 0.1) is 10.6 Å². The van der Waals surface area contributed by atoms with Crippen molar-refractivity contribution in [1.29, 1.82) is 0 Å². The van der Waals surface area contributed by atoms with Crippen molar-refractivity contribution in [2.75, 3.05) is 5.32 Å². The van der Waals surface area contributed by atoms with Crippen molar-refractivity contribution in [2.24, 2.45) is 10.9 Å². The first-order valence-electron chi connectivity index (χ1n) is 5.85. The molecule has 0 heterocycles. The van der Waals surface area contributed by atoms with E-state index in [1.807, 2.05) is 0 Å². The number of oxime groups is 1. The zero-order valence-electron chi connectivity index (χ0n) is 10.7. The Kier molecular flexibility index (Phi) is 4.39. The van der Waals surface area contributed by atoms with Crippen LogP contribution in [0.5, 0.6) is 0 Å². The van der Waals surface area contributed by atoms with Crippen LogP contribution in [0.2, 0.25) is 5.02 Å². The van der Waals surface area contributed by atoms with Crippen LogP contribution in [0.1, 0.15) is 15.9 Å². The number of amidine groups is 1. The smallest absolute Gasteiger partial charge is 0.257 e. The Morgan fingerprint density at radius 3 is 2.48 bits per heavy atom. The quantitative estimate of drug-likeness (QED) is 0.352. The molecule has 0 unspecified atom stereocenters. The fourth-order valence-electron chi connectivity index (χ4n) is 1.65. The number of halogens is 2. The Morgan fingerprint density at radius 1 is 1.24 bits per heavy atom. The molecule has 0 radical (unpaired) electrons. The number of nitrogens with zero attached hydrogens (tertiary/aromatic N) is 1. The molecule has 2 rings (SSSR count). The van der Waals surface area contributed by atoms with Crippen molar-refractivity contribution >= 4 is 29.0 Å². The predicted molar refractivity (Wildman–Crippen MR) is 78.3 cm³/mol. The maximum absolute atomic E-state index is 12.9. The summed E-state index contributed by atoms with van der Waals surface area (Å²) in [6, 6.07) is 9.86. The molecule has 0 bridgehead atoms. The molecule has 0 saturated carbocycles. The monoisotopic (exact) mass is 307 g/mol. The van der Waals surface area contributed by atoms with Gasteiger partial charge in [0, 0.05) is 11.3 Å². The Balaban J connectivity index is 2.16. The number of nitrogens with two attached hydrogens (primary N) is 1. The van der Waals surface area contributed by atoms with E-state index in [0.29, 0.717) is 11.3 Å². The lowest BCUT2D eigenvalue weighted by molar-refractivity contribution is 0.102. The SMILES string of the molecule is N/C(=N/O)c1ccc(NC(=O)c2ccc(F)cc2Cl)cc1. The van der Waals surface area contributed by atoms with Gasteiger partial charge in [-0.1, -0.05) is 16.8 Å². The molecule has 108 valence electrons. The van der Waals surface area contributed by atoms with Gasteiger partial charge in [0.2, 0.25) is 0 Å². The number of anilines is 1. The predicted octanol–water partition coefficient (Wildman–Crippen LogP) is 2.83. The van der Waals surface area contributed by atoms with Gasteiger partial charge in [0.25, 0.3) is 5.91 Å². The summed E-state index contributed by atoms with van der Waals surface area (Å²) in [6.45, 7) is 0. The van der Waals surface area contributed by atoms with E-state index in [-0.39, 0.29) is 16.4 Å². The lowest BCUT2D eigenvalue weighted by Crippen LogP contribution is -2.14. The Hall–Kier alpha value is -2.60. The molecule has 5 nitrogen and oxygen atoms in total. The van der Waals surface area contributed by atoms with Crippen LogP contribution < -0.4 is 11.1 Å². The molecule has 0 aromatic heterocycles. The van der Waals surface area contributed by atoms with Crippen LogP contribution in [-0.2, 0) is 0 Å². The first-order valence-corrected chi connectivity index (χ1v) is 6.23. The van der Waals surface area contributed by atoms with Crippen LogP contribution in [0.4, 0.5) is 10.1 Å². The van der Waals surface area contributed by atoms with E-state index in [2.05, 4.69) is 10.5 Å². The number of benzene rings is 2. The molecule has 0 aliphatic carbocycles. The second kappa shape index (κ2) is 6.23. The third kappa shape index (κ3) is 3.49. The van der Waals surface area contributed by atoms with Crippen LogP contribution in [-0.4, -0.2) is 17.0 Å². The number of nitrogens with one attached hydrogen (secondary N) is 1. The van der Waals surface area contributed by atoms with Crippen molar-refractivity contribution in [3.63, 3.8) is 0 Å². The van der Waals surface area contributed by atoms with E-state index in [9.17, 15) is 9.18 Å². The van der Waals surface area contributed by atoms with Crippen LogP contribution in [0.3, 0.4) is 0 Å². The topological polar surface area (TPSA) is 87.7 Å². The second-order valence-corrected chi connectivity index (χ2v) is 4.55. The molecule has 0 fully saturated rings. The molecule has 1 amide bonds. The molecule has 0 spiro atoms. The van der Waals surface area contributed by atoms with E-state index in [0.717, 1.165) is 12.1 Å². The largest absolute Gasteiger partial charge is 0.409 e. The van der Waals surface area contributed by atoms with Gasteiger partial charge in [-0.2, -0.15) is 0 Å². The standard InChI is InChI=1S/C14H11ClFN3O2/c15-12-7-9(16)3-6-11(12)14(20)18-10-4-1-8(2-5-10)13(17)19-21/h1-7,21H,(H2,17,19)(H,18,20). The molecule has 2 aromatic rings. The molecule has 0 aliphatic heterocycles. The van der Waals surface area contributed by atoms with Crippen molar-refractivity contribution in [1.82, 2.24) is 0 Å². The fourth-order valence-corrected chi connectivity index (χ4v) is 1.91. The number of hydrogen-bond acceptors (Lipinski definition) is 3. The van der Waals surface area contributed by atoms with Crippen molar-refractivity contribution in [3.8, 4) is 0 Å². The molecular formula is C14H11ClFN3O2. The first-order chi connectivity index (χ1) is 10.0. The minimum atomic E-state index is -0.514. The molecule has 0 atom stereocenters. The summed E-state index contributed by atoms with van der Waals surface area (Å²) in [5.74, 6) is -1.01. The lowest BCUT2D eigenvalue weighted by Gasteiger charge is -2.07. The zero-order chi connectivity index (χ0) is 15.4. The Labute approximate surface area is 124 Å². The van der Waals surface area contributed by atoms with E-state index < -0.39 is 11.7 Å². The van der Waals surface area contributed by atoms with Gasteiger partial charge >= 0.3 is 0 Å². The number of rotatable bonds is 3. The van der Waals surface area contributed by atoms with Gasteiger partial charge in [-0.15, -0.1) is 0 Å². The minimum Gasteiger partial charge on any atom is -0.409 e. The normalized spacial score (nSPS) is 11.2. The highest BCUT2D eigenvalue weighted by molar-refractivity contribution is 6.34. The van der Waals surface area contributed by atoms with Crippen LogP contribution in [0, 0.1) is 5.82 Å². The highest BCUT2D eigenvalue weighted by atomic mass is 35.5. The maximum Gasteiger partial charge on any atom is 0.257 e. The van der Waals surface area contributed by atoms with E-state index in [1.54, 1.807) is 24.3 Å². The summed E-state index contributed by atoms with van der Waals surface area (Å²) in [5, 5.41) is 14.1. The summed E-state index contributed by atoms with van der Waals surface area (Å²) in [7, 11) is 0. The lowest BCUT2D eigenvalue weighted by atomic mass is 10.1. The number of amides is 1. The maximum atomic E-state index is 12.9. The van der Waals surface area contributed by atoms with Gasteiger partial charge in [-0.25, -0.2) is 4.39 Å². The Morgan fingerprint density at radius 2 is 1.90 bits per heavy atom. The molecule has 0 aliphatic rings. The number of hydrogen-bond donors (Lipinski definition) is 3. The third-order valence-corrected chi connectivity index (χ3v) is 3.03. The molecular weight excluding hydrogens is 297 g/mol. The summed E-state index contributed by atoms with van der Waals surface area (Å²) in [6.07, 6.45) is 0. The molecule has 4 N–H and O–H groups in total. The van der Waals surface area contributed by atoms with Gasteiger partial charge in [0.15, 0.2) is 5.84 Å². The number of carbonyl (C=O) groups excluding carboxylic acids is 1. The minimum absolute atomic E-state index is 0.0285. The fraction of sp³-hybridized carbons (Fsp3) is 0. The molecule has 7 heteroatoms. The van der Waals surface area contributed by atoms with Crippen LogP contribution >= 0.6 is 11.6 Å².